The van der Waals surface area contributed by atoms with Crippen LogP contribution >= 0.6 is 0 Å². The molecule has 2 unspecified atom stereocenters. The van der Waals surface area contributed by atoms with Gasteiger partial charge in [-0.05, 0) is 32.2 Å². The number of nitrogens with zero attached hydrogens (tertiary/aromatic N) is 2. The molecule has 0 aromatic rings. The van der Waals surface area contributed by atoms with E-state index in [4.69, 9.17) is 5.73 Å². The Morgan fingerprint density at radius 2 is 2.06 bits per heavy atom. The molecule has 2 aliphatic rings. The topological polar surface area (TPSA) is 52.7 Å². The number of likely N-dealkylation sites (N-methyl/N-ethyl adjacent to an activating group) is 1. The highest BCUT2D eigenvalue weighted by Crippen LogP contribution is 2.39. The number of piperazine rings is 1. The lowest BCUT2D eigenvalue weighted by Crippen LogP contribution is -2.57. The maximum Gasteiger partial charge on any atom is 0.0923 e. The normalized spacial score (nSPS) is 31.4. The fraction of sp³-hybridized carbons (Fsp3) is 1.00. The zero-order valence-electron chi connectivity index (χ0n) is 11.2. The minimum Gasteiger partial charge on any atom is -0.387 e. The molecule has 3 N–H and O–H groups in total. The predicted octanol–water partition coefficient (Wildman–Crippen LogP) is 0.112. The molecular formula is C13H27N3O. The van der Waals surface area contributed by atoms with E-state index < -0.39 is 5.60 Å². The first-order valence-corrected chi connectivity index (χ1v) is 6.98. The van der Waals surface area contributed by atoms with Crippen molar-refractivity contribution < 1.29 is 5.11 Å². The van der Waals surface area contributed by atoms with Gasteiger partial charge in [-0.15, -0.1) is 0 Å². The predicted molar refractivity (Wildman–Crippen MR) is 69.9 cm³/mol. The van der Waals surface area contributed by atoms with E-state index in [1.165, 1.54) is 0 Å². The van der Waals surface area contributed by atoms with Crippen LogP contribution in [0.4, 0.5) is 0 Å². The molecule has 0 aromatic carbocycles. The van der Waals surface area contributed by atoms with Crippen molar-refractivity contribution in [1.82, 2.24) is 9.80 Å². The number of rotatable bonds is 5. The summed E-state index contributed by atoms with van der Waals surface area (Å²) in [6, 6.07) is 0.593. The van der Waals surface area contributed by atoms with Crippen LogP contribution in [-0.4, -0.2) is 65.8 Å². The Balaban J connectivity index is 1.87. The highest BCUT2D eigenvalue weighted by molar-refractivity contribution is 4.98. The highest BCUT2D eigenvalue weighted by Gasteiger charge is 2.44. The van der Waals surface area contributed by atoms with Gasteiger partial charge in [0.25, 0.3) is 0 Å². The third-order valence-corrected chi connectivity index (χ3v) is 4.44. The highest BCUT2D eigenvalue weighted by atomic mass is 16.3. The average Bonchev–Trinajstić information content (AvgIpc) is 3.13. The minimum atomic E-state index is -0.631. The number of β-amino-alcohol motifs (C(OH)–C–C–N with tert-alkyl or cyclic N) is 1. The Morgan fingerprint density at radius 1 is 1.35 bits per heavy atom. The van der Waals surface area contributed by atoms with Gasteiger partial charge >= 0.3 is 0 Å². The monoisotopic (exact) mass is 241 g/mol. The molecule has 1 aliphatic heterocycles. The van der Waals surface area contributed by atoms with Crippen LogP contribution in [0.25, 0.3) is 0 Å². The molecule has 0 aromatic heterocycles. The largest absolute Gasteiger partial charge is 0.387 e. The van der Waals surface area contributed by atoms with Gasteiger partial charge in [0.05, 0.1) is 5.60 Å². The summed E-state index contributed by atoms with van der Waals surface area (Å²) in [4.78, 5) is 4.89. The van der Waals surface area contributed by atoms with E-state index in [2.05, 4.69) is 23.6 Å². The smallest absolute Gasteiger partial charge is 0.0923 e. The Morgan fingerprint density at radius 3 is 2.53 bits per heavy atom. The molecule has 2 rings (SSSR count). The quantitative estimate of drug-likeness (QED) is 0.717. The number of aliphatic hydroxyl groups is 1. The summed E-state index contributed by atoms with van der Waals surface area (Å²) in [6.07, 6.45) is 2.30. The third kappa shape index (κ3) is 2.99. The van der Waals surface area contributed by atoms with Crippen LogP contribution in [0.1, 0.15) is 26.7 Å². The standard InChI is InChI=1S/C13H27N3O/c1-3-16-7-6-15(8-11(16)2)10-13(17,9-14)12-4-5-12/h11-12,17H,3-10,14H2,1-2H3. The van der Waals surface area contributed by atoms with Gasteiger partial charge in [-0.25, -0.2) is 0 Å². The van der Waals surface area contributed by atoms with Crippen molar-refractivity contribution in [3.8, 4) is 0 Å². The maximum absolute atomic E-state index is 10.5. The molecular weight excluding hydrogens is 214 g/mol. The molecule has 0 spiro atoms. The van der Waals surface area contributed by atoms with Crippen LogP contribution in [0.5, 0.6) is 0 Å². The van der Waals surface area contributed by atoms with E-state index in [0.29, 0.717) is 18.5 Å². The molecule has 1 aliphatic carbocycles. The minimum absolute atomic E-state index is 0.403. The molecule has 100 valence electrons. The summed E-state index contributed by atoms with van der Waals surface area (Å²) in [5.74, 6) is 0.451. The van der Waals surface area contributed by atoms with Crippen LogP contribution in [0.3, 0.4) is 0 Å². The van der Waals surface area contributed by atoms with Crippen molar-refractivity contribution in [3.05, 3.63) is 0 Å². The molecule has 0 amide bonds. The first-order valence-electron chi connectivity index (χ1n) is 6.98. The van der Waals surface area contributed by atoms with Crippen LogP contribution in [0.2, 0.25) is 0 Å². The van der Waals surface area contributed by atoms with Gasteiger partial charge in [0.1, 0.15) is 0 Å². The summed E-state index contributed by atoms with van der Waals surface area (Å²) < 4.78 is 0. The van der Waals surface area contributed by atoms with E-state index in [0.717, 1.165) is 45.6 Å². The molecule has 2 fully saturated rings. The number of hydrogen-bond donors (Lipinski definition) is 2. The van der Waals surface area contributed by atoms with Crippen molar-refractivity contribution >= 4 is 0 Å². The fourth-order valence-electron chi connectivity index (χ4n) is 3.05. The molecule has 4 nitrogen and oxygen atoms in total. The van der Waals surface area contributed by atoms with E-state index >= 15 is 0 Å². The Bertz CT molecular complexity index is 257. The summed E-state index contributed by atoms with van der Waals surface area (Å²) in [6.45, 7) is 10.0. The molecule has 0 bridgehead atoms. The molecule has 2 atom stereocenters. The second-order valence-electron chi connectivity index (χ2n) is 5.79. The zero-order valence-corrected chi connectivity index (χ0v) is 11.2. The summed E-state index contributed by atoms with van der Waals surface area (Å²) in [7, 11) is 0. The Kier molecular flexibility index (Phi) is 4.08. The molecule has 1 saturated carbocycles. The molecule has 0 radical (unpaired) electrons. The second kappa shape index (κ2) is 5.22. The third-order valence-electron chi connectivity index (χ3n) is 4.44. The Hall–Kier alpha value is -0.160. The van der Waals surface area contributed by atoms with Gasteiger partial charge in [0.2, 0.25) is 0 Å². The number of nitrogens with two attached hydrogens (primary N) is 1. The maximum atomic E-state index is 10.5. The van der Waals surface area contributed by atoms with Crippen molar-refractivity contribution in [2.24, 2.45) is 11.7 Å². The van der Waals surface area contributed by atoms with E-state index in [-0.39, 0.29) is 0 Å². The molecule has 17 heavy (non-hydrogen) atoms. The molecule has 1 saturated heterocycles. The van der Waals surface area contributed by atoms with E-state index in [1.54, 1.807) is 0 Å². The van der Waals surface area contributed by atoms with E-state index in [1.807, 2.05) is 0 Å². The fourth-order valence-corrected chi connectivity index (χ4v) is 3.05. The average molecular weight is 241 g/mol. The Labute approximate surface area is 105 Å². The second-order valence-corrected chi connectivity index (χ2v) is 5.79. The van der Waals surface area contributed by atoms with Crippen molar-refractivity contribution in [3.63, 3.8) is 0 Å². The summed E-state index contributed by atoms with van der Waals surface area (Å²) >= 11 is 0. The van der Waals surface area contributed by atoms with Gasteiger partial charge < -0.3 is 10.8 Å². The first-order chi connectivity index (χ1) is 8.09. The lowest BCUT2D eigenvalue weighted by molar-refractivity contribution is -0.0276. The van der Waals surface area contributed by atoms with Crippen molar-refractivity contribution in [2.75, 3.05) is 39.3 Å². The van der Waals surface area contributed by atoms with Gasteiger partial charge in [-0.2, -0.15) is 0 Å². The molecule has 1 heterocycles. The van der Waals surface area contributed by atoms with Crippen LogP contribution in [0.15, 0.2) is 0 Å². The molecule has 4 heteroatoms. The van der Waals surface area contributed by atoms with Gasteiger partial charge in [-0.1, -0.05) is 6.92 Å². The summed E-state index contributed by atoms with van der Waals surface area (Å²) in [5, 5.41) is 10.5. The lowest BCUT2D eigenvalue weighted by atomic mass is 9.96. The van der Waals surface area contributed by atoms with E-state index in [9.17, 15) is 5.11 Å². The van der Waals surface area contributed by atoms with Crippen LogP contribution in [-0.2, 0) is 0 Å². The van der Waals surface area contributed by atoms with Crippen LogP contribution < -0.4 is 5.73 Å². The van der Waals surface area contributed by atoms with Crippen LogP contribution in [0, 0.1) is 5.92 Å². The first kappa shape index (κ1) is 13.3. The number of hydrogen-bond acceptors (Lipinski definition) is 4. The lowest BCUT2D eigenvalue weighted by Gasteiger charge is -2.42. The zero-order chi connectivity index (χ0) is 12.5. The SMILES string of the molecule is CCN1CCN(CC(O)(CN)C2CC2)CC1C. The van der Waals surface area contributed by atoms with Gasteiger partial charge in [0.15, 0.2) is 0 Å². The van der Waals surface area contributed by atoms with Crippen molar-refractivity contribution in [2.45, 2.75) is 38.3 Å². The van der Waals surface area contributed by atoms with Gasteiger partial charge in [0, 0.05) is 38.8 Å². The van der Waals surface area contributed by atoms with Gasteiger partial charge in [-0.3, -0.25) is 9.80 Å². The van der Waals surface area contributed by atoms with Crippen molar-refractivity contribution in [1.29, 1.82) is 0 Å². The summed E-state index contributed by atoms with van der Waals surface area (Å²) in [5.41, 5.74) is 5.14.